The third-order valence-corrected chi connectivity index (χ3v) is 0.686. The number of nitrogens with one attached hydrogen (secondary N) is 2. The van der Waals surface area contributed by atoms with Gasteiger partial charge in [-0.15, -0.1) is 5.10 Å². The quantitative estimate of drug-likeness (QED) is 0.450. The fraction of sp³-hybridized carbons (Fsp3) is 0.250. The van der Waals surface area contributed by atoms with Gasteiger partial charge in [0.1, 0.15) is 0 Å². The molecule has 64 valence electrons. The first-order valence-electron chi connectivity index (χ1n) is 2.78. The fourth-order valence-electron chi connectivity index (χ4n) is 0.364. The molecule has 0 unspecified atom stereocenters. The molecule has 0 aliphatic carbocycles. The molecular weight excluding hydrogens is 163 g/mol. The van der Waals surface area contributed by atoms with Gasteiger partial charge in [0.25, 0.3) is 0 Å². The van der Waals surface area contributed by atoms with Crippen molar-refractivity contribution in [3.8, 4) is 0 Å². The van der Waals surface area contributed by atoms with E-state index >= 15 is 0 Å². The van der Waals surface area contributed by atoms with Gasteiger partial charge in [-0.25, -0.2) is 0 Å². The Labute approximate surface area is 60.7 Å². The maximum atomic E-state index is 9.75. The number of aromatic amines is 2. The van der Waals surface area contributed by atoms with Crippen LogP contribution in [0.4, 0.5) is 17.3 Å². The third kappa shape index (κ3) is 12.2. The van der Waals surface area contributed by atoms with Crippen LogP contribution in [0.15, 0.2) is 12.3 Å². The van der Waals surface area contributed by atoms with E-state index in [9.17, 15) is 17.3 Å². The summed E-state index contributed by atoms with van der Waals surface area (Å²) >= 11 is 0. The van der Waals surface area contributed by atoms with E-state index in [-0.39, 0.29) is 0 Å². The largest absolute Gasteiger partial charge is 0.673 e. The van der Waals surface area contributed by atoms with Crippen molar-refractivity contribution in [3.63, 3.8) is 0 Å². The summed E-state index contributed by atoms with van der Waals surface area (Å²) in [7, 11) is -6.00. The molecule has 1 rings (SSSR count). The second-order valence-electron chi connectivity index (χ2n) is 1.78. The summed E-state index contributed by atoms with van der Waals surface area (Å²) in [5.74, 6) is 0. The zero-order valence-electron chi connectivity index (χ0n) is 5.74. The van der Waals surface area contributed by atoms with Crippen molar-refractivity contribution in [1.82, 2.24) is 5.10 Å². The topological polar surface area (TPSA) is 29.9 Å². The van der Waals surface area contributed by atoms with Gasteiger partial charge in [0, 0.05) is 6.07 Å². The Bertz CT molecular complexity index is 176. The summed E-state index contributed by atoms with van der Waals surface area (Å²) in [6.07, 6.45) is 1.86. The lowest BCUT2D eigenvalue weighted by atomic mass is 10.3. The van der Waals surface area contributed by atoms with E-state index in [1.807, 2.05) is 19.2 Å². The average molecular weight is 170 g/mol. The molecule has 0 spiro atoms. The molecule has 0 radical (unpaired) electrons. The number of aryl methyl sites for hydroxylation is 1. The lowest BCUT2D eigenvalue weighted by Gasteiger charge is -1.94. The van der Waals surface area contributed by atoms with Crippen molar-refractivity contribution in [2.45, 2.75) is 6.92 Å². The highest BCUT2D eigenvalue weighted by Gasteiger charge is 2.20. The molecule has 0 fully saturated rings. The number of halogens is 4. The zero-order chi connectivity index (χ0) is 8.91. The van der Waals surface area contributed by atoms with Crippen LogP contribution in [0.5, 0.6) is 0 Å². The monoisotopic (exact) mass is 170 g/mol. The maximum Gasteiger partial charge on any atom is 0.673 e. The van der Waals surface area contributed by atoms with E-state index < -0.39 is 7.25 Å². The van der Waals surface area contributed by atoms with Crippen LogP contribution in [0.2, 0.25) is 0 Å². The van der Waals surface area contributed by atoms with Crippen LogP contribution >= 0.6 is 0 Å². The van der Waals surface area contributed by atoms with Crippen LogP contribution in [0.3, 0.4) is 0 Å². The van der Waals surface area contributed by atoms with Gasteiger partial charge < -0.3 is 17.3 Å². The number of hydrogen-bond acceptors (Lipinski definition) is 0. The minimum atomic E-state index is -6.00. The normalized spacial score (nSPS) is 10.3. The molecule has 0 aliphatic rings. The van der Waals surface area contributed by atoms with Crippen LogP contribution in [0.1, 0.15) is 5.69 Å². The third-order valence-electron chi connectivity index (χ3n) is 0.686. The molecule has 0 saturated carbocycles. The Morgan fingerprint density at radius 1 is 1.36 bits per heavy atom. The number of aromatic nitrogens is 2. The molecule has 1 aromatic heterocycles. The highest BCUT2D eigenvalue weighted by Crippen LogP contribution is 2.06. The van der Waals surface area contributed by atoms with E-state index in [1.165, 1.54) is 0 Å². The van der Waals surface area contributed by atoms with Gasteiger partial charge in [-0.2, -0.15) is 5.10 Å². The minimum absolute atomic E-state index is 1.16. The maximum absolute atomic E-state index is 9.75. The predicted octanol–water partition coefficient (Wildman–Crippen LogP) is 1.44. The first-order chi connectivity index (χ1) is 4.89. The Morgan fingerprint density at radius 2 is 1.82 bits per heavy atom. The summed E-state index contributed by atoms with van der Waals surface area (Å²) in [5, 5.41) is 5.68. The van der Waals surface area contributed by atoms with Crippen LogP contribution in [0, 0.1) is 6.92 Å². The highest BCUT2D eigenvalue weighted by molar-refractivity contribution is 6.50. The summed E-state index contributed by atoms with van der Waals surface area (Å²) < 4.78 is 39.0. The summed E-state index contributed by atoms with van der Waals surface area (Å²) in [4.78, 5) is 0. The van der Waals surface area contributed by atoms with E-state index in [4.69, 9.17) is 0 Å². The van der Waals surface area contributed by atoms with E-state index in [0.29, 0.717) is 0 Å². The molecule has 2 N–H and O–H groups in total. The highest BCUT2D eigenvalue weighted by atomic mass is 19.5. The zero-order valence-corrected chi connectivity index (χ0v) is 5.74. The van der Waals surface area contributed by atoms with Crippen LogP contribution < -0.4 is 5.10 Å². The van der Waals surface area contributed by atoms with Crippen molar-refractivity contribution >= 4 is 7.25 Å². The number of hydrogen-bond donors (Lipinski definition) is 1. The second kappa shape index (κ2) is 4.00. The summed E-state index contributed by atoms with van der Waals surface area (Å²) in [6.45, 7) is 2.00. The van der Waals surface area contributed by atoms with Crippen molar-refractivity contribution in [3.05, 3.63) is 18.0 Å². The van der Waals surface area contributed by atoms with Gasteiger partial charge in [0.2, 0.25) is 0 Å². The SMILES string of the molecule is Cc1cc[nH+][nH]1.F[B-](F)(F)F. The first kappa shape index (κ1) is 9.99. The Hall–Kier alpha value is -1.01. The van der Waals surface area contributed by atoms with Crippen molar-refractivity contribution < 1.29 is 22.4 Å². The standard InChI is InChI=1S/C4H6N2.BF4/c1-4-2-3-5-6-4;2-1(3,4)5/h2-3H,1H3,(H,5,6);/q;-1/p+1. The second-order valence-corrected chi connectivity index (χ2v) is 1.78. The molecule has 0 saturated heterocycles. The molecular formula is C4H7BF4N2. The van der Waals surface area contributed by atoms with Crippen LogP contribution in [-0.4, -0.2) is 12.4 Å². The van der Waals surface area contributed by atoms with Crippen molar-refractivity contribution in [1.29, 1.82) is 0 Å². The van der Waals surface area contributed by atoms with Gasteiger partial charge in [0.15, 0.2) is 6.20 Å². The molecule has 2 nitrogen and oxygen atoms in total. The molecule has 0 bridgehead atoms. The summed E-state index contributed by atoms with van der Waals surface area (Å²) in [6, 6.07) is 1.97. The van der Waals surface area contributed by atoms with Crippen LogP contribution in [-0.2, 0) is 0 Å². The molecule has 0 aromatic carbocycles. The molecule has 1 aromatic rings. The Balaban J connectivity index is 0.000000187. The molecule has 0 atom stereocenters. The molecule has 7 heteroatoms. The van der Waals surface area contributed by atoms with Crippen LogP contribution in [0.25, 0.3) is 0 Å². The van der Waals surface area contributed by atoms with E-state index in [2.05, 4.69) is 10.2 Å². The van der Waals surface area contributed by atoms with Gasteiger partial charge in [0.05, 0.1) is 5.69 Å². The number of H-pyrrole nitrogens is 2. The van der Waals surface area contributed by atoms with E-state index in [0.717, 1.165) is 5.69 Å². The van der Waals surface area contributed by atoms with Gasteiger partial charge in [-0.3, -0.25) is 0 Å². The van der Waals surface area contributed by atoms with Gasteiger partial charge in [-0.1, -0.05) is 0 Å². The summed E-state index contributed by atoms with van der Waals surface area (Å²) in [5.41, 5.74) is 1.16. The molecule has 0 amide bonds. The van der Waals surface area contributed by atoms with E-state index in [1.54, 1.807) is 0 Å². The molecule has 1 heterocycles. The minimum Gasteiger partial charge on any atom is -0.418 e. The van der Waals surface area contributed by atoms with Gasteiger partial charge in [-0.05, 0) is 6.92 Å². The lowest BCUT2D eigenvalue weighted by molar-refractivity contribution is -0.449. The Kier molecular flexibility index (Phi) is 3.63. The lowest BCUT2D eigenvalue weighted by Crippen LogP contribution is -2.02. The molecule has 11 heavy (non-hydrogen) atoms. The van der Waals surface area contributed by atoms with Crippen molar-refractivity contribution in [2.75, 3.05) is 0 Å². The smallest absolute Gasteiger partial charge is 0.418 e. The number of rotatable bonds is 0. The van der Waals surface area contributed by atoms with Crippen molar-refractivity contribution in [2.24, 2.45) is 0 Å². The average Bonchev–Trinajstić information content (AvgIpc) is 2.12. The fourth-order valence-corrected chi connectivity index (χ4v) is 0.364. The molecule has 0 aliphatic heterocycles. The van der Waals surface area contributed by atoms with Gasteiger partial charge >= 0.3 is 7.25 Å². The Morgan fingerprint density at radius 3 is 1.91 bits per heavy atom. The first-order valence-corrected chi connectivity index (χ1v) is 2.78. The predicted molar refractivity (Wildman–Crippen MR) is 32.3 cm³/mol.